The molecule has 0 saturated heterocycles. The fraction of sp³-hybridized carbons (Fsp3) is 0.353. The van der Waals surface area contributed by atoms with E-state index in [9.17, 15) is 4.79 Å². The summed E-state index contributed by atoms with van der Waals surface area (Å²) in [5, 5.41) is 11.9. The molecule has 0 unspecified atom stereocenters. The van der Waals surface area contributed by atoms with Crippen molar-refractivity contribution in [3.8, 4) is 11.8 Å². The van der Waals surface area contributed by atoms with E-state index < -0.39 is 0 Å². The van der Waals surface area contributed by atoms with Crippen LogP contribution in [0.25, 0.3) is 0 Å². The molecule has 8 heteroatoms. The highest BCUT2D eigenvalue weighted by Gasteiger charge is 2.24. The quantitative estimate of drug-likeness (QED) is 0.844. The highest BCUT2D eigenvalue weighted by molar-refractivity contribution is 9.10. The third-order valence-corrected chi connectivity index (χ3v) is 4.61. The van der Waals surface area contributed by atoms with Gasteiger partial charge in [-0.15, -0.1) is 0 Å². The Bertz CT molecular complexity index is 785. The number of carbonyl (C=O) groups is 1. The number of ether oxygens (including phenoxy) is 1. The van der Waals surface area contributed by atoms with Crippen LogP contribution in [-0.2, 0) is 0 Å². The van der Waals surface area contributed by atoms with E-state index in [-0.39, 0.29) is 23.9 Å². The summed E-state index contributed by atoms with van der Waals surface area (Å²) in [6.07, 6.45) is 8.05. The largest absolute Gasteiger partial charge is 0.489 e. The lowest BCUT2D eigenvalue weighted by Gasteiger charge is -2.29. The number of carbonyl (C=O) groups excluding carboxylic acids is 1. The fourth-order valence-corrected chi connectivity index (χ4v) is 3.17. The summed E-state index contributed by atoms with van der Waals surface area (Å²) in [5.41, 5.74) is 0.335. The summed E-state index contributed by atoms with van der Waals surface area (Å²) in [7, 11) is 0. The summed E-state index contributed by atoms with van der Waals surface area (Å²) in [6, 6.07) is 5.53. The highest BCUT2D eigenvalue weighted by Crippen LogP contribution is 2.26. The van der Waals surface area contributed by atoms with Crippen LogP contribution < -0.4 is 10.1 Å². The molecule has 2 heterocycles. The number of amides is 1. The van der Waals surface area contributed by atoms with E-state index in [2.05, 4.69) is 36.2 Å². The summed E-state index contributed by atoms with van der Waals surface area (Å²) >= 11 is 3.31. The maximum absolute atomic E-state index is 12.1. The van der Waals surface area contributed by atoms with Crippen LogP contribution in [0.1, 0.15) is 42.0 Å². The average Bonchev–Trinajstić information content (AvgIpc) is 2.64. The van der Waals surface area contributed by atoms with Gasteiger partial charge in [0.2, 0.25) is 5.82 Å². The average molecular weight is 402 g/mol. The van der Waals surface area contributed by atoms with Crippen molar-refractivity contribution in [3.63, 3.8) is 0 Å². The third-order valence-electron chi connectivity index (χ3n) is 4.00. The van der Waals surface area contributed by atoms with Crippen molar-refractivity contribution in [2.45, 2.75) is 37.8 Å². The number of nitriles is 1. The topological polar surface area (TPSA) is 101 Å². The Labute approximate surface area is 153 Å². The number of halogens is 1. The monoisotopic (exact) mass is 401 g/mol. The van der Waals surface area contributed by atoms with Crippen LogP contribution in [0.4, 0.5) is 0 Å². The standard InChI is InChI=1S/C17H16BrN5O2/c18-14-8-13(10-22-15(14)9-19)25-12-4-2-11(3-5-12)23-17(24)16-20-6-1-7-21-16/h1,6-8,10-12H,2-5H2,(H,23,24). The SMILES string of the molecule is N#Cc1ncc(OC2CCC(NC(=O)c3ncccn3)CC2)cc1Br. The van der Waals surface area contributed by atoms with Gasteiger partial charge in [0.25, 0.3) is 5.91 Å². The molecular weight excluding hydrogens is 386 g/mol. The van der Waals surface area contributed by atoms with Crippen molar-refractivity contribution in [2.75, 3.05) is 0 Å². The van der Waals surface area contributed by atoms with Crippen molar-refractivity contribution in [1.29, 1.82) is 5.26 Å². The van der Waals surface area contributed by atoms with Crippen molar-refractivity contribution in [2.24, 2.45) is 0 Å². The summed E-state index contributed by atoms with van der Waals surface area (Å²) < 4.78 is 6.56. The van der Waals surface area contributed by atoms with Crippen LogP contribution >= 0.6 is 15.9 Å². The Morgan fingerprint density at radius 1 is 1.24 bits per heavy atom. The second-order valence-electron chi connectivity index (χ2n) is 5.75. The van der Waals surface area contributed by atoms with E-state index in [1.54, 1.807) is 30.7 Å². The van der Waals surface area contributed by atoms with E-state index in [0.717, 1.165) is 25.7 Å². The first-order chi connectivity index (χ1) is 12.2. The van der Waals surface area contributed by atoms with Crippen LogP contribution in [0, 0.1) is 11.3 Å². The Hall–Kier alpha value is -2.53. The number of pyridine rings is 1. The van der Waals surface area contributed by atoms with Crippen molar-refractivity contribution < 1.29 is 9.53 Å². The molecule has 2 aromatic rings. The zero-order chi connectivity index (χ0) is 17.6. The van der Waals surface area contributed by atoms with Crippen LogP contribution in [0.15, 0.2) is 35.2 Å². The number of nitrogens with one attached hydrogen (secondary N) is 1. The van der Waals surface area contributed by atoms with Crippen molar-refractivity contribution in [1.82, 2.24) is 20.3 Å². The van der Waals surface area contributed by atoms with Gasteiger partial charge in [-0.05, 0) is 53.7 Å². The maximum atomic E-state index is 12.1. The normalized spacial score (nSPS) is 19.7. The molecule has 0 radical (unpaired) electrons. The molecule has 0 aliphatic heterocycles. The van der Waals surface area contributed by atoms with Crippen molar-refractivity contribution >= 4 is 21.8 Å². The van der Waals surface area contributed by atoms with Gasteiger partial charge in [0.15, 0.2) is 5.69 Å². The minimum atomic E-state index is -0.245. The summed E-state index contributed by atoms with van der Waals surface area (Å²) in [5.74, 6) is 0.579. The number of aromatic nitrogens is 3. The number of rotatable bonds is 4. The predicted molar refractivity (Wildman–Crippen MR) is 92.8 cm³/mol. The Kier molecular flexibility index (Phi) is 5.56. The summed E-state index contributed by atoms with van der Waals surface area (Å²) in [6.45, 7) is 0. The van der Waals surface area contributed by atoms with Gasteiger partial charge in [-0.2, -0.15) is 5.26 Å². The van der Waals surface area contributed by atoms with Gasteiger partial charge in [0.1, 0.15) is 11.8 Å². The van der Waals surface area contributed by atoms with Crippen LogP contribution in [0.5, 0.6) is 5.75 Å². The molecule has 128 valence electrons. The lowest BCUT2D eigenvalue weighted by molar-refractivity contribution is 0.0883. The van der Waals surface area contributed by atoms with Crippen molar-refractivity contribution in [3.05, 3.63) is 46.7 Å². The molecule has 0 aromatic carbocycles. The molecule has 0 bridgehead atoms. The molecule has 3 rings (SSSR count). The zero-order valence-corrected chi connectivity index (χ0v) is 14.9. The van der Waals surface area contributed by atoms with Gasteiger partial charge in [-0.1, -0.05) is 0 Å². The molecule has 0 atom stereocenters. The molecule has 2 aromatic heterocycles. The Morgan fingerprint density at radius 3 is 2.60 bits per heavy atom. The van der Waals surface area contributed by atoms with E-state index in [0.29, 0.717) is 15.9 Å². The Balaban J connectivity index is 1.50. The molecule has 7 nitrogen and oxygen atoms in total. The third kappa shape index (κ3) is 4.51. The minimum Gasteiger partial charge on any atom is -0.489 e. The number of hydrogen-bond acceptors (Lipinski definition) is 6. The van der Waals surface area contributed by atoms with Crippen LogP contribution in [-0.4, -0.2) is 33.0 Å². The van der Waals surface area contributed by atoms with Gasteiger partial charge < -0.3 is 10.1 Å². The first-order valence-corrected chi connectivity index (χ1v) is 8.75. The Morgan fingerprint density at radius 2 is 1.96 bits per heavy atom. The first kappa shape index (κ1) is 17.3. The molecule has 1 aliphatic rings. The van der Waals surface area contributed by atoms with Gasteiger partial charge >= 0.3 is 0 Å². The van der Waals surface area contributed by atoms with Gasteiger partial charge in [-0.3, -0.25) is 4.79 Å². The van der Waals surface area contributed by atoms with Crippen LogP contribution in [0.3, 0.4) is 0 Å². The second-order valence-corrected chi connectivity index (χ2v) is 6.60. The molecular formula is C17H16BrN5O2. The highest BCUT2D eigenvalue weighted by atomic mass is 79.9. The molecule has 25 heavy (non-hydrogen) atoms. The number of nitrogens with zero attached hydrogens (tertiary/aromatic N) is 4. The van der Waals surface area contributed by atoms with E-state index in [1.807, 2.05) is 6.07 Å². The smallest absolute Gasteiger partial charge is 0.289 e. The molecule has 0 spiro atoms. The minimum absolute atomic E-state index is 0.0720. The lowest BCUT2D eigenvalue weighted by atomic mass is 9.93. The lowest BCUT2D eigenvalue weighted by Crippen LogP contribution is -2.40. The van der Waals surface area contributed by atoms with Crippen LogP contribution in [0.2, 0.25) is 0 Å². The van der Waals surface area contributed by atoms with Gasteiger partial charge in [0, 0.05) is 18.4 Å². The van der Waals surface area contributed by atoms with Gasteiger partial charge in [-0.25, -0.2) is 15.0 Å². The predicted octanol–water partition coefficient (Wildman–Crippen LogP) is 2.63. The number of hydrogen-bond donors (Lipinski definition) is 1. The van der Waals surface area contributed by atoms with E-state index in [1.165, 1.54) is 0 Å². The molecule has 1 aliphatic carbocycles. The zero-order valence-electron chi connectivity index (χ0n) is 13.4. The first-order valence-electron chi connectivity index (χ1n) is 7.96. The van der Waals surface area contributed by atoms with E-state index >= 15 is 0 Å². The molecule has 1 N–H and O–H groups in total. The molecule has 1 saturated carbocycles. The maximum Gasteiger partial charge on any atom is 0.289 e. The second kappa shape index (κ2) is 8.03. The molecule has 1 fully saturated rings. The molecule has 1 amide bonds. The fourth-order valence-electron chi connectivity index (χ4n) is 2.75. The van der Waals surface area contributed by atoms with Gasteiger partial charge in [0.05, 0.1) is 16.8 Å². The summed E-state index contributed by atoms with van der Waals surface area (Å²) in [4.78, 5) is 24.0. The van der Waals surface area contributed by atoms with E-state index in [4.69, 9.17) is 10.00 Å².